The van der Waals surface area contributed by atoms with Gasteiger partial charge in [0, 0.05) is 32.3 Å². The van der Waals surface area contributed by atoms with Crippen molar-refractivity contribution in [2.24, 2.45) is 0 Å². The van der Waals surface area contributed by atoms with Gasteiger partial charge in [0.25, 0.3) is 0 Å². The van der Waals surface area contributed by atoms with Crippen LogP contribution in [0, 0.1) is 0 Å². The highest BCUT2D eigenvalue weighted by atomic mass is 16.5. The molecule has 1 aliphatic heterocycles. The molecule has 0 spiro atoms. The van der Waals surface area contributed by atoms with Crippen molar-refractivity contribution < 1.29 is 4.74 Å². The zero-order valence-corrected chi connectivity index (χ0v) is 11.7. The first-order valence-electron chi connectivity index (χ1n) is 6.85. The Morgan fingerprint density at radius 1 is 1.53 bits per heavy atom. The normalized spacial score (nSPS) is 22.0. The lowest BCUT2D eigenvalue weighted by atomic mass is 10.1. The molecule has 17 heavy (non-hydrogen) atoms. The van der Waals surface area contributed by atoms with Crippen molar-refractivity contribution in [1.29, 1.82) is 0 Å². The lowest BCUT2D eigenvalue weighted by Gasteiger charge is -2.33. The van der Waals surface area contributed by atoms with Crippen LogP contribution in [0.5, 0.6) is 0 Å². The van der Waals surface area contributed by atoms with E-state index in [2.05, 4.69) is 37.6 Å². The molecule has 1 saturated heterocycles. The second-order valence-corrected chi connectivity index (χ2v) is 5.24. The van der Waals surface area contributed by atoms with Crippen LogP contribution in [-0.2, 0) is 4.74 Å². The summed E-state index contributed by atoms with van der Waals surface area (Å²) in [6.45, 7) is 15.6. The smallest absolute Gasteiger partial charge is 0.0702 e. The minimum absolute atomic E-state index is 0.430. The molecule has 0 aromatic heterocycles. The molecule has 3 heteroatoms. The Morgan fingerprint density at radius 3 is 2.94 bits per heavy atom. The molecule has 3 nitrogen and oxygen atoms in total. The molecule has 0 saturated carbocycles. The average molecular weight is 240 g/mol. The number of piperidine rings is 1. The predicted molar refractivity (Wildman–Crippen MR) is 73.4 cm³/mol. The molecular weight excluding hydrogens is 212 g/mol. The number of hydrogen-bond donors (Lipinski definition) is 1. The molecule has 1 atom stereocenters. The number of rotatable bonds is 7. The Morgan fingerprint density at radius 2 is 2.29 bits per heavy atom. The van der Waals surface area contributed by atoms with Gasteiger partial charge < -0.3 is 10.1 Å². The first-order valence-corrected chi connectivity index (χ1v) is 6.85. The maximum absolute atomic E-state index is 5.71. The van der Waals surface area contributed by atoms with E-state index in [1.54, 1.807) is 0 Å². The van der Waals surface area contributed by atoms with Crippen molar-refractivity contribution in [2.75, 3.05) is 32.8 Å². The summed E-state index contributed by atoms with van der Waals surface area (Å²) in [6, 6.07) is 0.532. The summed E-state index contributed by atoms with van der Waals surface area (Å²) in [4.78, 5) is 2.47. The summed E-state index contributed by atoms with van der Waals surface area (Å²) >= 11 is 0. The Bertz CT molecular complexity index is 226. The third-order valence-electron chi connectivity index (χ3n) is 3.07. The molecule has 0 aliphatic carbocycles. The third-order valence-corrected chi connectivity index (χ3v) is 3.07. The topological polar surface area (TPSA) is 24.5 Å². The van der Waals surface area contributed by atoms with E-state index in [0.29, 0.717) is 12.1 Å². The van der Waals surface area contributed by atoms with E-state index >= 15 is 0 Å². The summed E-state index contributed by atoms with van der Waals surface area (Å²) in [5.74, 6) is 0. The minimum Gasteiger partial charge on any atom is -0.377 e. The molecule has 0 aromatic carbocycles. The van der Waals surface area contributed by atoms with Crippen LogP contribution in [0.15, 0.2) is 12.2 Å². The SMILES string of the molecule is C=C(CNC(C)C)CN1CCCC(OCC)C1. The molecule has 1 N–H and O–H groups in total. The average Bonchev–Trinajstić information content (AvgIpc) is 2.27. The van der Waals surface area contributed by atoms with Gasteiger partial charge in [-0.25, -0.2) is 0 Å². The monoisotopic (exact) mass is 240 g/mol. The van der Waals surface area contributed by atoms with Crippen LogP contribution in [0.1, 0.15) is 33.6 Å². The fourth-order valence-corrected chi connectivity index (χ4v) is 2.25. The molecule has 0 radical (unpaired) electrons. The lowest BCUT2D eigenvalue weighted by Crippen LogP contribution is -2.41. The maximum atomic E-state index is 5.71. The first kappa shape index (κ1) is 14.7. The van der Waals surface area contributed by atoms with Crippen molar-refractivity contribution in [3.63, 3.8) is 0 Å². The third kappa shape index (κ3) is 6.20. The highest BCUT2D eigenvalue weighted by molar-refractivity contribution is 5.00. The van der Waals surface area contributed by atoms with E-state index in [-0.39, 0.29) is 0 Å². The van der Waals surface area contributed by atoms with E-state index in [1.807, 2.05) is 0 Å². The van der Waals surface area contributed by atoms with Crippen molar-refractivity contribution in [3.8, 4) is 0 Å². The van der Waals surface area contributed by atoms with Crippen LogP contribution in [0.25, 0.3) is 0 Å². The summed E-state index contributed by atoms with van der Waals surface area (Å²) in [5.41, 5.74) is 1.27. The second-order valence-electron chi connectivity index (χ2n) is 5.24. The molecule has 0 aromatic rings. The van der Waals surface area contributed by atoms with Gasteiger partial charge in [-0.15, -0.1) is 0 Å². The van der Waals surface area contributed by atoms with E-state index in [1.165, 1.54) is 25.0 Å². The maximum Gasteiger partial charge on any atom is 0.0702 e. The lowest BCUT2D eigenvalue weighted by molar-refractivity contribution is 0.00850. The largest absolute Gasteiger partial charge is 0.377 e. The Balaban J connectivity index is 2.23. The minimum atomic E-state index is 0.430. The molecule has 0 bridgehead atoms. The van der Waals surface area contributed by atoms with Gasteiger partial charge in [-0.1, -0.05) is 20.4 Å². The molecule has 1 fully saturated rings. The van der Waals surface area contributed by atoms with Gasteiger partial charge >= 0.3 is 0 Å². The van der Waals surface area contributed by atoms with Gasteiger partial charge in [0.2, 0.25) is 0 Å². The Hall–Kier alpha value is -0.380. The zero-order chi connectivity index (χ0) is 12.7. The number of nitrogens with one attached hydrogen (secondary N) is 1. The highest BCUT2D eigenvalue weighted by Crippen LogP contribution is 2.14. The van der Waals surface area contributed by atoms with E-state index in [0.717, 1.165) is 26.2 Å². The van der Waals surface area contributed by atoms with Crippen LogP contribution in [0.4, 0.5) is 0 Å². The standard InChI is InChI=1S/C14H28N2O/c1-5-17-14-7-6-8-16(11-14)10-13(4)9-15-12(2)3/h12,14-15H,4-11H2,1-3H3. The van der Waals surface area contributed by atoms with Gasteiger partial charge in [-0.3, -0.25) is 4.90 Å². The highest BCUT2D eigenvalue weighted by Gasteiger charge is 2.19. The van der Waals surface area contributed by atoms with Crippen molar-refractivity contribution >= 4 is 0 Å². The number of likely N-dealkylation sites (tertiary alicyclic amines) is 1. The summed E-state index contributed by atoms with van der Waals surface area (Å²) in [7, 11) is 0. The van der Waals surface area contributed by atoms with E-state index < -0.39 is 0 Å². The van der Waals surface area contributed by atoms with E-state index in [9.17, 15) is 0 Å². The van der Waals surface area contributed by atoms with Gasteiger partial charge in [0.05, 0.1) is 6.10 Å². The number of hydrogen-bond acceptors (Lipinski definition) is 3. The summed E-state index contributed by atoms with van der Waals surface area (Å²) < 4.78 is 5.71. The predicted octanol–water partition coefficient (Wildman–Crippen LogP) is 2.04. The molecule has 1 unspecified atom stereocenters. The summed E-state index contributed by atoms with van der Waals surface area (Å²) in [5, 5.41) is 3.41. The van der Waals surface area contributed by atoms with Gasteiger partial charge in [0.15, 0.2) is 0 Å². The number of nitrogens with zero attached hydrogens (tertiary/aromatic N) is 1. The Labute approximate surface area is 106 Å². The van der Waals surface area contributed by atoms with Gasteiger partial charge in [-0.05, 0) is 31.9 Å². The van der Waals surface area contributed by atoms with Crippen LogP contribution in [0.3, 0.4) is 0 Å². The number of ether oxygens (including phenoxy) is 1. The van der Waals surface area contributed by atoms with Crippen LogP contribution in [-0.4, -0.2) is 49.8 Å². The molecule has 0 amide bonds. The van der Waals surface area contributed by atoms with Crippen molar-refractivity contribution in [2.45, 2.75) is 45.8 Å². The molecular formula is C14H28N2O. The molecule has 1 rings (SSSR count). The van der Waals surface area contributed by atoms with Crippen LogP contribution < -0.4 is 5.32 Å². The first-order chi connectivity index (χ1) is 8.11. The fraction of sp³-hybridized carbons (Fsp3) is 0.857. The van der Waals surface area contributed by atoms with Crippen LogP contribution in [0.2, 0.25) is 0 Å². The molecule has 1 aliphatic rings. The van der Waals surface area contributed by atoms with Crippen molar-refractivity contribution in [1.82, 2.24) is 10.2 Å². The fourth-order valence-electron chi connectivity index (χ4n) is 2.25. The quantitative estimate of drug-likeness (QED) is 0.689. The molecule has 1 heterocycles. The van der Waals surface area contributed by atoms with Crippen molar-refractivity contribution in [3.05, 3.63) is 12.2 Å². The van der Waals surface area contributed by atoms with E-state index in [4.69, 9.17) is 4.74 Å². The van der Waals surface area contributed by atoms with Crippen LogP contribution >= 0.6 is 0 Å². The molecule has 100 valence electrons. The second kappa shape index (κ2) is 7.85. The Kier molecular flexibility index (Phi) is 6.78. The summed E-state index contributed by atoms with van der Waals surface area (Å²) in [6.07, 6.45) is 2.89. The van der Waals surface area contributed by atoms with Gasteiger partial charge in [-0.2, -0.15) is 0 Å². The van der Waals surface area contributed by atoms with Gasteiger partial charge in [0.1, 0.15) is 0 Å². The zero-order valence-electron chi connectivity index (χ0n) is 11.7.